The van der Waals surface area contributed by atoms with Gasteiger partial charge in [0.1, 0.15) is 5.75 Å². The zero-order chi connectivity index (χ0) is 27.7. The van der Waals surface area contributed by atoms with Crippen LogP contribution in [0.25, 0.3) is 0 Å². The molecule has 0 spiro atoms. The Labute approximate surface area is 227 Å². The van der Waals surface area contributed by atoms with E-state index in [9.17, 15) is 13.2 Å². The van der Waals surface area contributed by atoms with Crippen molar-refractivity contribution in [3.63, 3.8) is 0 Å². The van der Waals surface area contributed by atoms with E-state index in [0.717, 1.165) is 6.42 Å². The van der Waals surface area contributed by atoms with E-state index in [1.165, 1.54) is 44.6 Å². The number of hydrogen-bond acceptors (Lipinski definition) is 9. The van der Waals surface area contributed by atoms with E-state index in [4.69, 9.17) is 26.4 Å². The number of rotatable bonds is 11. The Balaban J connectivity index is 1.63. The van der Waals surface area contributed by atoms with Gasteiger partial charge in [0.2, 0.25) is 5.88 Å². The van der Waals surface area contributed by atoms with Crippen LogP contribution in [-0.2, 0) is 10.0 Å². The number of hydrogen-bond donors (Lipinski definition) is 3. The van der Waals surface area contributed by atoms with Gasteiger partial charge in [-0.25, -0.2) is 8.42 Å². The molecule has 2 aromatic carbocycles. The topological polar surface area (TPSA) is 141 Å². The van der Waals surface area contributed by atoms with Crippen LogP contribution in [0.1, 0.15) is 30.6 Å². The number of benzene rings is 2. The van der Waals surface area contributed by atoms with Gasteiger partial charge in [-0.15, -0.1) is 0 Å². The first-order valence-corrected chi connectivity index (χ1v) is 13.4. The van der Waals surface area contributed by atoms with E-state index in [0.29, 0.717) is 29.5 Å². The number of para-hydroxylation sites is 1. The molecule has 1 amide bonds. The highest BCUT2D eigenvalue weighted by Crippen LogP contribution is 2.22. The number of nitrogens with one attached hydrogen (secondary N) is 3. The molecule has 202 valence electrons. The van der Waals surface area contributed by atoms with Gasteiger partial charge in [0.25, 0.3) is 15.9 Å². The van der Waals surface area contributed by atoms with Crippen molar-refractivity contribution in [3.8, 4) is 17.6 Å². The molecule has 0 aliphatic heterocycles. The van der Waals surface area contributed by atoms with Crippen molar-refractivity contribution in [1.82, 2.24) is 15.3 Å². The lowest BCUT2D eigenvalue weighted by Crippen LogP contribution is -2.34. The zero-order valence-corrected chi connectivity index (χ0v) is 23.0. The Morgan fingerprint density at radius 2 is 1.74 bits per heavy atom. The lowest BCUT2D eigenvalue weighted by molar-refractivity contribution is 0.0973. The molecule has 1 aromatic heterocycles. The van der Waals surface area contributed by atoms with Gasteiger partial charge in [0.15, 0.2) is 10.9 Å². The van der Waals surface area contributed by atoms with E-state index in [1.807, 2.05) is 0 Å². The molecule has 0 unspecified atom stereocenters. The van der Waals surface area contributed by atoms with Crippen LogP contribution in [-0.4, -0.2) is 50.2 Å². The van der Waals surface area contributed by atoms with Gasteiger partial charge in [-0.1, -0.05) is 26.0 Å². The van der Waals surface area contributed by atoms with Crippen molar-refractivity contribution < 1.29 is 27.4 Å². The number of carbonyl (C=O) groups is 1. The van der Waals surface area contributed by atoms with Gasteiger partial charge in [-0.05, 0) is 61.0 Å². The molecule has 0 aliphatic carbocycles. The van der Waals surface area contributed by atoms with E-state index in [1.54, 1.807) is 24.3 Å². The van der Waals surface area contributed by atoms with Gasteiger partial charge in [-0.2, -0.15) is 9.97 Å². The first kappa shape index (κ1) is 28.6. The quantitative estimate of drug-likeness (QED) is 0.297. The van der Waals surface area contributed by atoms with Crippen LogP contribution in [0.4, 0.5) is 11.5 Å². The molecule has 13 heteroatoms. The first-order valence-electron chi connectivity index (χ1n) is 11.6. The van der Waals surface area contributed by atoms with Gasteiger partial charge in [-0.3, -0.25) is 14.8 Å². The average Bonchev–Trinajstić information content (AvgIpc) is 2.88. The van der Waals surface area contributed by atoms with Crippen LogP contribution in [0.5, 0.6) is 17.6 Å². The minimum atomic E-state index is -3.98. The number of sulfonamides is 1. The van der Waals surface area contributed by atoms with Crippen LogP contribution in [0.15, 0.2) is 59.5 Å². The summed E-state index contributed by atoms with van der Waals surface area (Å²) in [5.41, 5.74) is 0.826. The van der Waals surface area contributed by atoms with Crippen molar-refractivity contribution in [2.24, 2.45) is 5.92 Å². The second kappa shape index (κ2) is 13.0. The van der Waals surface area contributed by atoms with Crippen molar-refractivity contribution in [2.45, 2.75) is 25.2 Å². The highest BCUT2D eigenvalue weighted by Gasteiger charge is 2.18. The Morgan fingerprint density at radius 3 is 2.39 bits per heavy atom. The van der Waals surface area contributed by atoms with E-state index in [2.05, 4.69) is 39.2 Å². The lowest BCUT2D eigenvalue weighted by Gasteiger charge is -2.14. The normalized spacial score (nSPS) is 11.0. The summed E-state index contributed by atoms with van der Waals surface area (Å²) in [4.78, 5) is 20.6. The fourth-order valence-electron chi connectivity index (χ4n) is 3.08. The number of aromatic nitrogens is 2. The molecule has 0 bridgehead atoms. The molecule has 0 aliphatic rings. The number of thiocarbonyl (C=S) groups is 1. The summed E-state index contributed by atoms with van der Waals surface area (Å²) in [5.74, 6) is 0.628. The third kappa shape index (κ3) is 8.02. The van der Waals surface area contributed by atoms with E-state index >= 15 is 0 Å². The number of nitrogens with zero attached hydrogens (tertiary/aromatic N) is 2. The zero-order valence-electron chi connectivity index (χ0n) is 21.3. The SMILES string of the molecule is COc1cc(NS(=O)(=O)c2ccc(NC(=S)NC(=O)c3ccccc3OCCC(C)C)cc2)nc(OC)n1. The van der Waals surface area contributed by atoms with E-state index < -0.39 is 15.9 Å². The Bertz CT molecular complexity index is 1360. The first-order chi connectivity index (χ1) is 18.1. The number of anilines is 2. The summed E-state index contributed by atoms with van der Waals surface area (Å²) in [7, 11) is -1.24. The van der Waals surface area contributed by atoms with Crippen LogP contribution in [0.3, 0.4) is 0 Å². The molecule has 3 N–H and O–H groups in total. The minimum Gasteiger partial charge on any atom is -0.493 e. The third-order valence-electron chi connectivity index (χ3n) is 5.05. The summed E-state index contributed by atoms with van der Waals surface area (Å²) >= 11 is 5.27. The van der Waals surface area contributed by atoms with Crippen LogP contribution < -0.4 is 29.6 Å². The standard InChI is InChI=1S/C25H29N5O6S2/c1-16(2)13-14-36-20-8-6-5-7-19(20)23(31)29-25(37)26-17-9-11-18(12-10-17)38(32,33)30-21-15-22(34-3)28-24(27-21)35-4/h5-12,15-16H,13-14H2,1-4H3,(H,27,28,30)(H2,26,29,31,37). The summed E-state index contributed by atoms with van der Waals surface area (Å²) in [6.45, 7) is 4.68. The molecule has 3 aromatic rings. The fraction of sp³-hybridized carbons (Fsp3) is 0.280. The Kier molecular flexibility index (Phi) is 9.79. The molecule has 0 fully saturated rings. The van der Waals surface area contributed by atoms with Crippen LogP contribution in [0.2, 0.25) is 0 Å². The molecule has 0 radical (unpaired) electrons. The molecule has 38 heavy (non-hydrogen) atoms. The smallest absolute Gasteiger partial charge is 0.321 e. The van der Waals surface area contributed by atoms with Crippen molar-refractivity contribution in [1.29, 1.82) is 0 Å². The fourth-order valence-corrected chi connectivity index (χ4v) is 4.29. The summed E-state index contributed by atoms with van der Waals surface area (Å²) in [5, 5.41) is 5.53. The molecule has 0 atom stereocenters. The summed E-state index contributed by atoms with van der Waals surface area (Å²) in [6.07, 6.45) is 0.860. The van der Waals surface area contributed by atoms with Crippen molar-refractivity contribution in [3.05, 3.63) is 60.2 Å². The summed E-state index contributed by atoms with van der Waals surface area (Å²) < 4.78 is 43.8. The average molecular weight is 560 g/mol. The maximum atomic E-state index is 12.8. The number of amides is 1. The predicted octanol–water partition coefficient (Wildman–Crippen LogP) is 3.85. The largest absolute Gasteiger partial charge is 0.493 e. The molecular weight excluding hydrogens is 530 g/mol. The van der Waals surface area contributed by atoms with Crippen molar-refractivity contribution in [2.75, 3.05) is 30.9 Å². The van der Waals surface area contributed by atoms with E-state index in [-0.39, 0.29) is 27.7 Å². The Hall–Kier alpha value is -3.97. The van der Waals surface area contributed by atoms with Gasteiger partial charge in [0.05, 0.1) is 31.3 Å². The van der Waals surface area contributed by atoms with Crippen molar-refractivity contribution >= 4 is 44.8 Å². The molecular formula is C25H29N5O6S2. The molecule has 1 heterocycles. The monoisotopic (exact) mass is 559 g/mol. The molecule has 0 saturated heterocycles. The highest BCUT2D eigenvalue weighted by molar-refractivity contribution is 7.92. The van der Waals surface area contributed by atoms with Crippen LogP contribution in [0, 0.1) is 5.92 Å². The molecule has 3 rings (SSSR count). The van der Waals surface area contributed by atoms with Gasteiger partial charge in [0, 0.05) is 11.8 Å². The predicted molar refractivity (Wildman–Crippen MR) is 147 cm³/mol. The minimum absolute atomic E-state index is 0.0201. The maximum Gasteiger partial charge on any atom is 0.321 e. The van der Waals surface area contributed by atoms with Gasteiger partial charge < -0.3 is 19.5 Å². The molecule has 0 saturated carbocycles. The number of methoxy groups -OCH3 is 2. The van der Waals surface area contributed by atoms with Crippen LogP contribution >= 0.6 is 12.2 Å². The third-order valence-corrected chi connectivity index (χ3v) is 6.62. The Morgan fingerprint density at radius 1 is 1.03 bits per heavy atom. The maximum absolute atomic E-state index is 12.8. The second-order valence-electron chi connectivity index (χ2n) is 8.35. The number of carbonyl (C=O) groups excluding carboxylic acids is 1. The highest BCUT2D eigenvalue weighted by atomic mass is 32.2. The second-order valence-corrected chi connectivity index (χ2v) is 10.4. The van der Waals surface area contributed by atoms with Gasteiger partial charge >= 0.3 is 6.01 Å². The summed E-state index contributed by atoms with van der Waals surface area (Å²) in [6, 6.07) is 14.0. The number of ether oxygens (including phenoxy) is 3. The molecule has 11 nitrogen and oxygen atoms in total. The lowest BCUT2D eigenvalue weighted by atomic mass is 10.1.